The summed E-state index contributed by atoms with van der Waals surface area (Å²) in [5, 5.41) is 5.01. The molecular weight excluding hydrogens is 328 g/mol. The third-order valence-corrected chi connectivity index (χ3v) is 5.27. The minimum atomic E-state index is -0.0517. The molecule has 122 valence electrons. The van der Waals surface area contributed by atoms with Crippen molar-refractivity contribution in [1.82, 2.24) is 9.55 Å². The molecule has 0 amide bonds. The summed E-state index contributed by atoms with van der Waals surface area (Å²) in [6.07, 6.45) is 6.13. The van der Waals surface area contributed by atoms with Gasteiger partial charge in [-0.1, -0.05) is 49.2 Å². The van der Waals surface area contributed by atoms with E-state index in [4.69, 9.17) is 6.42 Å². The normalized spacial score (nSPS) is 11.0. The van der Waals surface area contributed by atoms with Crippen LogP contribution in [0, 0.1) is 12.3 Å². The Bertz CT molecular complexity index is 1190. The van der Waals surface area contributed by atoms with Crippen LogP contribution in [0.15, 0.2) is 52.6 Å². The van der Waals surface area contributed by atoms with Crippen LogP contribution in [0.4, 0.5) is 0 Å². The fourth-order valence-electron chi connectivity index (χ4n) is 3.16. The highest BCUT2D eigenvalue weighted by Gasteiger charge is 2.16. The number of fused-ring (bicyclic) bond motifs is 2. The first kappa shape index (κ1) is 15.6. The molecule has 0 saturated carbocycles. The number of aryl methyl sites for hydroxylation is 1. The molecule has 0 unspecified atom stereocenters. The van der Waals surface area contributed by atoms with Crippen molar-refractivity contribution in [2.75, 3.05) is 0 Å². The number of benzene rings is 2. The molecule has 0 fully saturated rings. The van der Waals surface area contributed by atoms with Gasteiger partial charge in [0.05, 0.1) is 11.9 Å². The molecule has 0 N–H and O–H groups in total. The minimum absolute atomic E-state index is 0.0517. The van der Waals surface area contributed by atoms with Crippen molar-refractivity contribution in [3.05, 3.63) is 64.0 Å². The first-order chi connectivity index (χ1) is 12.2. The molecule has 2 aromatic heterocycles. The Morgan fingerprint density at radius 2 is 2.00 bits per heavy atom. The lowest BCUT2D eigenvalue weighted by molar-refractivity contribution is 0.712. The van der Waals surface area contributed by atoms with E-state index in [1.807, 2.05) is 24.4 Å². The molecule has 0 saturated heterocycles. The van der Waals surface area contributed by atoms with Gasteiger partial charge in [0, 0.05) is 17.4 Å². The maximum absolute atomic E-state index is 13.1. The van der Waals surface area contributed by atoms with Gasteiger partial charge in [-0.2, -0.15) is 0 Å². The lowest BCUT2D eigenvalue weighted by Gasteiger charge is -2.09. The molecule has 0 atom stereocenters. The van der Waals surface area contributed by atoms with E-state index in [0.29, 0.717) is 11.8 Å². The Kier molecular flexibility index (Phi) is 3.87. The van der Waals surface area contributed by atoms with Crippen LogP contribution in [0.5, 0.6) is 0 Å². The minimum Gasteiger partial charge on any atom is -0.284 e. The number of hydrogen-bond donors (Lipinski definition) is 0. The fourth-order valence-corrected chi connectivity index (χ4v) is 4.12. The SMILES string of the molecule is C#CCn1c(CC)nc2scc(-c3ccc4ccccc4c3)c2c1=O. The second-order valence-electron chi connectivity index (χ2n) is 5.87. The second-order valence-corrected chi connectivity index (χ2v) is 6.73. The maximum Gasteiger partial charge on any atom is 0.263 e. The van der Waals surface area contributed by atoms with Crippen molar-refractivity contribution >= 4 is 32.3 Å². The third-order valence-electron chi connectivity index (χ3n) is 4.40. The topological polar surface area (TPSA) is 34.9 Å². The molecule has 0 spiro atoms. The van der Waals surface area contributed by atoms with Crippen molar-refractivity contribution in [3.63, 3.8) is 0 Å². The Morgan fingerprint density at radius 3 is 2.76 bits per heavy atom. The Morgan fingerprint density at radius 1 is 1.20 bits per heavy atom. The van der Waals surface area contributed by atoms with Crippen LogP contribution in [0.1, 0.15) is 12.7 Å². The number of rotatable bonds is 3. The zero-order valence-corrected chi connectivity index (χ0v) is 14.6. The predicted molar refractivity (Wildman–Crippen MR) is 105 cm³/mol. The van der Waals surface area contributed by atoms with Gasteiger partial charge in [-0.15, -0.1) is 17.8 Å². The van der Waals surface area contributed by atoms with Crippen molar-refractivity contribution < 1.29 is 0 Å². The lowest BCUT2D eigenvalue weighted by Crippen LogP contribution is -2.24. The van der Waals surface area contributed by atoms with E-state index in [1.54, 1.807) is 4.57 Å². The molecular formula is C21H16N2OS. The van der Waals surface area contributed by atoms with Crippen LogP contribution in [-0.4, -0.2) is 9.55 Å². The van der Waals surface area contributed by atoms with Gasteiger partial charge in [0.2, 0.25) is 0 Å². The van der Waals surface area contributed by atoms with Gasteiger partial charge in [0.25, 0.3) is 5.56 Å². The molecule has 0 aliphatic rings. The molecule has 2 aromatic carbocycles. The fraction of sp³-hybridized carbons (Fsp3) is 0.143. The van der Waals surface area contributed by atoms with E-state index in [-0.39, 0.29) is 12.1 Å². The molecule has 4 rings (SSSR count). The second kappa shape index (κ2) is 6.19. The highest BCUT2D eigenvalue weighted by Crippen LogP contribution is 2.32. The molecule has 3 nitrogen and oxygen atoms in total. The maximum atomic E-state index is 13.1. The number of terminal acetylenes is 1. The molecule has 0 aliphatic heterocycles. The van der Waals surface area contributed by atoms with E-state index >= 15 is 0 Å². The van der Waals surface area contributed by atoms with Crippen LogP contribution in [0.2, 0.25) is 0 Å². The van der Waals surface area contributed by atoms with Gasteiger partial charge in [-0.05, 0) is 22.4 Å². The molecule has 0 bridgehead atoms. The zero-order chi connectivity index (χ0) is 17.4. The smallest absolute Gasteiger partial charge is 0.263 e. The van der Waals surface area contributed by atoms with Crippen molar-refractivity contribution in [3.8, 4) is 23.5 Å². The molecule has 4 aromatic rings. The van der Waals surface area contributed by atoms with Crippen molar-refractivity contribution in [2.45, 2.75) is 19.9 Å². The van der Waals surface area contributed by atoms with Crippen LogP contribution < -0.4 is 5.56 Å². The van der Waals surface area contributed by atoms with Crippen LogP contribution in [0.25, 0.3) is 32.1 Å². The summed E-state index contributed by atoms with van der Waals surface area (Å²) in [6, 6.07) is 14.5. The number of nitrogens with zero attached hydrogens (tertiary/aromatic N) is 2. The average molecular weight is 344 g/mol. The summed E-state index contributed by atoms with van der Waals surface area (Å²) >= 11 is 1.51. The monoisotopic (exact) mass is 344 g/mol. The van der Waals surface area contributed by atoms with E-state index in [1.165, 1.54) is 16.7 Å². The highest BCUT2D eigenvalue weighted by molar-refractivity contribution is 7.17. The van der Waals surface area contributed by atoms with Gasteiger partial charge in [0.15, 0.2) is 0 Å². The average Bonchev–Trinajstić information content (AvgIpc) is 3.07. The van der Waals surface area contributed by atoms with E-state index < -0.39 is 0 Å². The summed E-state index contributed by atoms with van der Waals surface area (Å²) in [7, 11) is 0. The zero-order valence-electron chi connectivity index (χ0n) is 13.8. The quantitative estimate of drug-likeness (QED) is 0.514. The Labute approximate surface area is 149 Å². The molecule has 25 heavy (non-hydrogen) atoms. The first-order valence-electron chi connectivity index (χ1n) is 8.16. The van der Waals surface area contributed by atoms with Crippen LogP contribution in [0.3, 0.4) is 0 Å². The lowest BCUT2D eigenvalue weighted by atomic mass is 10.0. The van der Waals surface area contributed by atoms with Gasteiger partial charge in [-0.3, -0.25) is 9.36 Å². The van der Waals surface area contributed by atoms with Crippen LogP contribution in [-0.2, 0) is 13.0 Å². The summed E-state index contributed by atoms with van der Waals surface area (Å²) in [5.41, 5.74) is 1.90. The number of thiophene rings is 1. The van der Waals surface area contributed by atoms with Gasteiger partial charge in [0.1, 0.15) is 10.7 Å². The van der Waals surface area contributed by atoms with E-state index in [2.05, 4.69) is 41.2 Å². The Hall–Kier alpha value is -2.90. The van der Waals surface area contributed by atoms with Crippen molar-refractivity contribution in [1.29, 1.82) is 0 Å². The van der Waals surface area contributed by atoms with Crippen molar-refractivity contribution in [2.24, 2.45) is 0 Å². The molecule has 4 heteroatoms. The predicted octanol–water partition coefficient (Wildman–Crippen LogP) is 4.47. The molecule has 0 aliphatic carbocycles. The van der Waals surface area contributed by atoms with Gasteiger partial charge >= 0.3 is 0 Å². The van der Waals surface area contributed by atoms with Gasteiger partial charge in [-0.25, -0.2) is 4.98 Å². The number of hydrogen-bond acceptors (Lipinski definition) is 3. The van der Waals surface area contributed by atoms with Gasteiger partial charge < -0.3 is 0 Å². The largest absolute Gasteiger partial charge is 0.284 e. The Balaban J connectivity index is 2.00. The van der Waals surface area contributed by atoms with E-state index in [0.717, 1.165) is 27.2 Å². The summed E-state index contributed by atoms with van der Waals surface area (Å²) in [4.78, 5) is 18.5. The summed E-state index contributed by atoms with van der Waals surface area (Å²) in [5.74, 6) is 3.30. The van der Waals surface area contributed by atoms with E-state index in [9.17, 15) is 4.79 Å². The highest BCUT2D eigenvalue weighted by atomic mass is 32.1. The molecule has 2 heterocycles. The van der Waals surface area contributed by atoms with Crippen LogP contribution >= 0.6 is 11.3 Å². The molecule has 0 radical (unpaired) electrons. The standard InChI is InChI=1S/C21H16N2OS/c1-3-11-23-18(4-2)22-20-19(21(23)24)17(13-25-20)16-10-9-14-7-5-6-8-15(14)12-16/h1,5-10,12-13H,4,11H2,2H3. The summed E-state index contributed by atoms with van der Waals surface area (Å²) < 4.78 is 1.61. The number of aromatic nitrogens is 2. The first-order valence-corrected chi connectivity index (χ1v) is 9.04. The third kappa shape index (κ3) is 2.54. The summed E-state index contributed by atoms with van der Waals surface area (Å²) in [6.45, 7) is 2.23.